The van der Waals surface area contributed by atoms with Gasteiger partial charge in [-0.25, -0.2) is 0 Å². The maximum absolute atomic E-state index is 12.9. The maximum atomic E-state index is 12.9. The van der Waals surface area contributed by atoms with Crippen LogP contribution in [-0.2, 0) is 9.53 Å². The number of carbonyl (C=O) groups is 2. The van der Waals surface area contributed by atoms with Crippen LogP contribution in [0.25, 0.3) is 6.08 Å². The third-order valence-electron chi connectivity index (χ3n) is 5.55. The number of nitro benzene ring substituents is 1. The molecule has 0 aromatic heterocycles. The van der Waals surface area contributed by atoms with Gasteiger partial charge in [0.25, 0.3) is 11.6 Å². The summed E-state index contributed by atoms with van der Waals surface area (Å²) >= 11 is 0. The highest BCUT2D eigenvalue weighted by Gasteiger charge is 2.19. The Morgan fingerprint density at radius 2 is 1.85 bits per heavy atom. The number of benzene rings is 2. The molecule has 0 aliphatic carbocycles. The number of anilines is 2. The standard InChI is InChI=1S/C25H30N4O5/c1-34-17-5-14-26-25(31)22-18-20(9-12-23(22)28-15-3-2-4-16-28)27-24(30)13-8-19-6-10-21(11-7-19)29(32)33/h6-13,18H,2-5,14-17H2,1H3,(H,26,31)(H,27,30). The summed E-state index contributed by atoms with van der Waals surface area (Å²) in [6.07, 6.45) is 6.99. The number of hydrogen-bond donors (Lipinski definition) is 2. The van der Waals surface area contributed by atoms with E-state index in [9.17, 15) is 19.7 Å². The van der Waals surface area contributed by atoms with Crippen molar-refractivity contribution >= 4 is 35.0 Å². The van der Waals surface area contributed by atoms with Crippen LogP contribution in [0.5, 0.6) is 0 Å². The first kappa shape index (κ1) is 24.9. The Hall–Kier alpha value is -3.72. The Morgan fingerprint density at radius 1 is 1.12 bits per heavy atom. The average Bonchev–Trinajstić information content (AvgIpc) is 2.86. The molecule has 1 aliphatic heterocycles. The molecule has 180 valence electrons. The second-order valence-electron chi connectivity index (χ2n) is 8.05. The minimum absolute atomic E-state index is 0.0107. The first-order chi connectivity index (χ1) is 16.5. The monoisotopic (exact) mass is 466 g/mol. The second-order valence-corrected chi connectivity index (χ2v) is 8.05. The third-order valence-corrected chi connectivity index (χ3v) is 5.55. The van der Waals surface area contributed by atoms with Crippen molar-refractivity contribution in [2.45, 2.75) is 25.7 Å². The molecule has 0 unspecified atom stereocenters. The van der Waals surface area contributed by atoms with Gasteiger partial charge < -0.3 is 20.3 Å². The largest absolute Gasteiger partial charge is 0.385 e. The van der Waals surface area contributed by atoms with Crippen molar-refractivity contribution in [1.29, 1.82) is 0 Å². The quantitative estimate of drug-likeness (QED) is 0.237. The number of carbonyl (C=O) groups excluding carboxylic acids is 2. The van der Waals surface area contributed by atoms with E-state index in [4.69, 9.17) is 4.74 Å². The van der Waals surface area contributed by atoms with E-state index in [2.05, 4.69) is 15.5 Å². The van der Waals surface area contributed by atoms with Crippen LogP contribution in [0.2, 0.25) is 0 Å². The fraction of sp³-hybridized carbons (Fsp3) is 0.360. The van der Waals surface area contributed by atoms with Crippen LogP contribution in [0, 0.1) is 10.1 Å². The van der Waals surface area contributed by atoms with Gasteiger partial charge in [-0.2, -0.15) is 0 Å². The number of amides is 2. The van der Waals surface area contributed by atoms with Crippen molar-refractivity contribution in [3.8, 4) is 0 Å². The summed E-state index contributed by atoms with van der Waals surface area (Å²) in [4.78, 5) is 37.9. The van der Waals surface area contributed by atoms with Crippen LogP contribution < -0.4 is 15.5 Å². The van der Waals surface area contributed by atoms with Gasteiger partial charge >= 0.3 is 0 Å². The normalized spacial score (nSPS) is 13.6. The highest BCUT2D eigenvalue weighted by molar-refractivity contribution is 6.05. The van der Waals surface area contributed by atoms with Gasteiger partial charge in [0.05, 0.1) is 10.5 Å². The van der Waals surface area contributed by atoms with Crippen LogP contribution in [0.15, 0.2) is 48.5 Å². The summed E-state index contributed by atoms with van der Waals surface area (Å²) in [7, 11) is 1.62. The molecule has 0 atom stereocenters. The predicted octanol–water partition coefficient (Wildman–Crippen LogP) is 4.00. The fourth-order valence-electron chi connectivity index (χ4n) is 3.78. The van der Waals surface area contributed by atoms with Crippen LogP contribution in [0.4, 0.5) is 17.1 Å². The number of non-ortho nitro benzene ring substituents is 1. The van der Waals surface area contributed by atoms with Gasteiger partial charge in [-0.3, -0.25) is 19.7 Å². The molecular formula is C25H30N4O5. The third kappa shape index (κ3) is 7.14. The number of rotatable bonds is 10. The lowest BCUT2D eigenvalue weighted by atomic mass is 10.1. The molecular weight excluding hydrogens is 436 g/mol. The number of piperidine rings is 1. The number of ether oxygens (including phenoxy) is 1. The van der Waals surface area contributed by atoms with Crippen LogP contribution >= 0.6 is 0 Å². The molecule has 2 N–H and O–H groups in total. The van der Waals surface area contributed by atoms with Crippen LogP contribution in [0.3, 0.4) is 0 Å². The van der Waals surface area contributed by atoms with Crippen molar-refractivity contribution in [2.24, 2.45) is 0 Å². The van der Waals surface area contributed by atoms with E-state index in [0.717, 1.165) is 31.6 Å². The summed E-state index contributed by atoms with van der Waals surface area (Å²) < 4.78 is 5.04. The fourth-order valence-corrected chi connectivity index (χ4v) is 3.78. The van der Waals surface area contributed by atoms with Crippen molar-refractivity contribution in [2.75, 3.05) is 43.6 Å². The predicted molar refractivity (Wildman–Crippen MR) is 132 cm³/mol. The first-order valence-corrected chi connectivity index (χ1v) is 11.4. The van der Waals surface area contributed by atoms with E-state index >= 15 is 0 Å². The molecule has 0 bridgehead atoms. The van der Waals surface area contributed by atoms with Gasteiger partial charge in [0.1, 0.15) is 0 Å². The van der Waals surface area contributed by atoms with E-state index in [1.165, 1.54) is 24.6 Å². The molecule has 0 radical (unpaired) electrons. The Bertz CT molecular complexity index is 1030. The Balaban J connectivity index is 1.72. The van der Waals surface area contributed by atoms with Crippen molar-refractivity contribution < 1.29 is 19.2 Å². The highest BCUT2D eigenvalue weighted by atomic mass is 16.6. The minimum atomic E-state index is -0.473. The minimum Gasteiger partial charge on any atom is -0.385 e. The SMILES string of the molecule is COCCCNC(=O)c1cc(NC(=O)C=Cc2ccc([N+](=O)[O-])cc2)ccc1N1CCCCC1. The second kappa shape index (κ2) is 12.5. The van der Waals surface area contributed by atoms with Crippen molar-refractivity contribution in [3.63, 3.8) is 0 Å². The van der Waals surface area contributed by atoms with E-state index in [1.54, 1.807) is 37.5 Å². The topological polar surface area (TPSA) is 114 Å². The van der Waals surface area contributed by atoms with Crippen molar-refractivity contribution in [3.05, 3.63) is 69.8 Å². The Kier molecular flexibility index (Phi) is 9.16. The molecule has 9 heteroatoms. The number of nitro groups is 1. The molecule has 2 amide bonds. The molecule has 0 spiro atoms. The van der Waals surface area contributed by atoms with E-state index < -0.39 is 4.92 Å². The lowest BCUT2D eigenvalue weighted by Gasteiger charge is -2.30. The van der Waals surface area contributed by atoms with E-state index in [0.29, 0.717) is 36.4 Å². The van der Waals surface area contributed by atoms with Gasteiger partial charge in [0.15, 0.2) is 0 Å². The number of nitrogens with one attached hydrogen (secondary N) is 2. The lowest BCUT2D eigenvalue weighted by molar-refractivity contribution is -0.384. The van der Waals surface area contributed by atoms with Crippen molar-refractivity contribution in [1.82, 2.24) is 5.32 Å². The molecule has 3 rings (SSSR count). The van der Waals surface area contributed by atoms with Crippen LogP contribution in [0.1, 0.15) is 41.6 Å². The molecule has 1 aliphatic rings. The van der Waals surface area contributed by atoms with Gasteiger partial charge in [0, 0.05) is 62.9 Å². The van der Waals surface area contributed by atoms with E-state index in [-0.39, 0.29) is 17.5 Å². The number of methoxy groups -OCH3 is 1. The highest BCUT2D eigenvalue weighted by Crippen LogP contribution is 2.27. The zero-order valence-electron chi connectivity index (χ0n) is 19.3. The number of hydrogen-bond acceptors (Lipinski definition) is 6. The maximum Gasteiger partial charge on any atom is 0.269 e. The molecule has 1 heterocycles. The van der Waals surface area contributed by atoms with Gasteiger partial charge in [-0.1, -0.05) is 0 Å². The summed E-state index contributed by atoms with van der Waals surface area (Å²) in [5.74, 6) is -0.551. The van der Waals surface area contributed by atoms with Gasteiger partial charge in [-0.15, -0.1) is 0 Å². The molecule has 1 saturated heterocycles. The lowest BCUT2D eigenvalue weighted by Crippen LogP contribution is -2.33. The van der Waals surface area contributed by atoms with Gasteiger partial charge in [-0.05, 0) is 67.7 Å². The first-order valence-electron chi connectivity index (χ1n) is 11.4. The number of nitrogens with zero attached hydrogens (tertiary/aromatic N) is 2. The molecule has 2 aromatic rings. The van der Waals surface area contributed by atoms with Crippen LogP contribution in [-0.4, -0.2) is 50.1 Å². The summed E-state index contributed by atoms with van der Waals surface area (Å²) in [6, 6.07) is 11.3. The molecule has 2 aromatic carbocycles. The van der Waals surface area contributed by atoms with E-state index in [1.807, 2.05) is 6.07 Å². The molecule has 0 saturated carbocycles. The van der Waals surface area contributed by atoms with Gasteiger partial charge in [0.2, 0.25) is 5.91 Å². The zero-order chi connectivity index (χ0) is 24.3. The Labute approximate surface area is 198 Å². The Morgan fingerprint density at radius 3 is 2.53 bits per heavy atom. The zero-order valence-corrected chi connectivity index (χ0v) is 19.3. The summed E-state index contributed by atoms with van der Waals surface area (Å²) in [5.41, 5.74) is 2.56. The summed E-state index contributed by atoms with van der Waals surface area (Å²) in [5, 5.41) is 16.5. The smallest absolute Gasteiger partial charge is 0.269 e. The molecule has 9 nitrogen and oxygen atoms in total. The molecule has 34 heavy (non-hydrogen) atoms. The summed E-state index contributed by atoms with van der Waals surface area (Å²) in [6.45, 7) is 2.86. The molecule has 1 fully saturated rings. The average molecular weight is 467 g/mol.